The predicted octanol–water partition coefficient (Wildman–Crippen LogP) is 2.35. The van der Waals surface area contributed by atoms with Crippen LogP contribution in [0.3, 0.4) is 0 Å². The SMILES string of the molecule is Cc1nc(C(=O)N2CCCC(C)C2C)ccc1C(=O)O. The van der Waals surface area contributed by atoms with Gasteiger partial charge in [0.25, 0.3) is 5.91 Å². The summed E-state index contributed by atoms with van der Waals surface area (Å²) in [7, 11) is 0. The smallest absolute Gasteiger partial charge is 0.337 e. The number of hydrogen-bond donors (Lipinski definition) is 1. The summed E-state index contributed by atoms with van der Waals surface area (Å²) in [5, 5.41) is 8.99. The van der Waals surface area contributed by atoms with E-state index in [4.69, 9.17) is 5.11 Å². The number of pyridine rings is 1. The maximum atomic E-state index is 12.5. The lowest BCUT2D eigenvalue weighted by Crippen LogP contribution is -2.46. The monoisotopic (exact) mass is 276 g/mol. The summed E-state index contributed by atoms with van der Waals surface area (Å²) in [5.74, 6) is -0.648. The minimum atomic E-state index is -1.02. The van der Waals surface area contributed by atoms with Crippen molar-refractivity contribution in [3.05, 3.63) is 29.1 Å². The molecule has 2 unspecified atom stereocenters. The number of aromatic carboxylic acids is 1. The van der Waals surface area contributed by atoms with Crippen molar-refractivity contribution in [1.29, 1.82) is 0 Å². The van der Waals surface area contributed by atoms with E-state index < -0.39 is 5.97 Å². The van der Waals surface area contributed by atoms with E-state index in [9.17, 15) is 9.59 Å². The van der Waals surface area contributed by atoms with E-state index in [1.807, 2.05) is 4.90 Å². The Hall–Kier alpha value is -1.91. The van der Waals surface area contributed by atoms with Gasteiger partial charge in [0.05, 0.1) is 11.3 Å². The number of carboxylic acid groups (broad SMARTS) is 1. The van der Waals surface area contributed by atoms with Crippen LogP contribution in [-0.4, -0.2) is 39.5 Å². The van der Waals surface area contributed by atoms with E-state index in [-0.39, 0.29) is 17.5 Å². The Balaban J connectivity index is 2.25. The second-order valence-corrected chi connectivity index (χ2v) is 5.49. The highest BCUT2D eigenvalue weighted by Crippen LogP contribution is 2.24. The molecule has 0 radical (unpaired) electrons. The average Bonchev–Trinajstić information content (AvgIpc) is 2.40. The molecule has 1 saturated heterocycles. The Morgan fingerprint density at radius 3 is 2.65 bits per heavy atom. The van der Waals surface area contributed by atoms with Gasteiger partial charge in [-0.1, -0.05) is 6.92 Å². The molecule has 2 heterocycles. The fourth-order valence-corrected chi connectivity index (χ4v) is 2.68. The van der Waals surface area contributed by atoms with Gasteiger partial charge >= 0.3 is 5.97 Å². The van der Waals surface area contributed by atoms with E-state index in [1.165, 1.54) is 12.1 Å². The van der Waals surface area contributed by atoms with Crippen molar-refractivity contribution in [3.63, 3.8) is 0 Å². The molecule has 0 bridgehead atoms. The van der Waals surface area contributed by atoms with Gasteiger partial charge in [-0.05, 0) is 44.7 Å². The van der Waals surface area contributed by atoms with Crippen molar-refractivity contribution < 1.29 is 14.7 Å². The number of hydrogen-bond acceptors (Lipinski definition) is 3. The van der Waals surface area contributed by atoms with Gasteiger partial charge in [-0.3, -0.25) is 4.79 Å². The molecule has 108 valence electrons. The van der Waals surface area contributed by atoms with Crippen molar-refractivity contribution in [2.75, 3.05) is 6.54 Å². The first-order chi connectivity index (χ1) is 9.41. The predicted molar refractivity (Wildman–Crippen MR) is 74.8 cm³/mol. The fraction of sp³-hybridized carbons (Fsp3) is 0.533. The first-order valence-corrected chi connectivity index (χ1v) is 6.93. The van der Waals surface area contributed by atoms with Crippen molar-refractivity contribution in [3.8, 4) is 0 Å². The van der Waals surface area contributed by atoms with Crippen molar-refractivity contribution in [2.24, 2.45) is 5.92 Å². The van der Waals surface area contributed by atoms with Gasteiger partial charge in [0, 0.05) is 12.6 Å². The van der Waals surface area contributed by atoms with Gasteiger partial charge in [-0.15, -0.1) is 0 Å². The number of aryl methyl sites for hydroxylation is 1. The van der Waals surface area contributed by atoms with Crippen LogP contribution in [0.15, 0.2) is 12.1 Å². The molecule has 5 heteroatoms. The van der Waals surface area contributed by atoms with Crippen LogP contribution in [0.1, 0.15) is 53.2 Å². The molecule has 0 spiro atoms. The molecule has 0 saturated carbocycles. The van der Waals surface area contributed by atoms with Gasteiger partial charge in [-0.25, -0.2) is 9.78 Å². The number of amides is 1. The number of aromatic nitrogens is 1. The van der Waals surface area contributed by atoms with Gasteiger partial charge in [0.15, 0.2) is 0 Å². The largest absolute Gasteiger partial charge is 0.478 e. The van der Waals surface area contributed by atoms with E-state index in [2.05, 4.69) is 18.8 Å². The molecule has 2 rings (SSSR count). The van der Waals surface area contributed by atoms with Crippen molar-refractivity contribution in [1.82, 2.24) is 9.88 Å². The summed E-state index contributed by atoms with van der Waals surface area (Å²) in [5.41, 5.74) is 0.844. The van der Waals surface area contributed by atoms with Gasteiger partial charge in [-0.2, -0.15) is 0 Å². The molecule has 1 fully saturated rings. The van der Waals surface area contributed by atoms with E-state index >= 15 is 0 Å². The Morgan fingerprint density at radius 2 is 2.05 bits per heavy atom. The summed E-state index contributed by atoms with van der Waals surface area (Å²) >= 11 is 0. The topological polar surface area (TPSA) is 70.5 Å². The number of carboxylic acids is 1. The third-order valence-corrected chi connectivity index (χ3v) is 4.17. The average molecular weight is 276 g/mol. The molecule has 5 nitrogen and oxygen atoms in total. The normalized spacial score (nSPS) is 22.6. The molecule has 1 aliphatic rings. The van der Waals surface area contributed by atoms with Gasteiger partial charge < -0.3 is 10.0 Å². The van der Waals surface area contributed by atoms with Crippen LogP contribution < -0.4 is 0 Å². The number of carbonyl (C=O) groups is 2. The van der Waals surface area contributed by atoms with Crippen LogP contribution in [0.2, 0.25) is 0 Å². The molecule has 20 heavy (non-hydrogen) atoms. The van der Waals surface area contributed by atoms with Crippen LogP contribution in [-0.2, 0) is 0 Å². The van der Waals surface area contributed by atoms with Crippen LogP contribution in [0, 0.1) is 12.8 Å². The molecule has 0 aromatic carbocycles. The Kier molecular flexibility index (Phi) is 4.06. The zero-order chi connectivity index (χ0) is 14.9. The van der Waals surface area contributed by atoms with Crippen LogP contribution in [0.5, 0.6) is 0 Å². The molecular formula is C15H20N2O3. The fourth-order valence-electron chi connectivity index (χ4n) is 2.68. The summed E-state index contributed by atoms with van der Waals surface area (Å²) in [6, 6.07) is 3.15. The highest BCUT2D eigenvalue weighted by molar-refractivity contribution is 5.94. The van der Waals surface area contributed by atoms with Crippen LogP contribution in [0.4, 0.5) is 0 Å². The number of rotatable bonds is 2. The highest BCUT2D eigenvalue weighted by Gasteiger charge is 2.29. The molecule has 2 atom stereocenters. The van der Waals surface area contributed by atoms with Gasteiger partial charge in [0.2, 0.25) is 0 Å². The van der Waals surface area contributed by atoms with E-state index in [0.717, 1.165) is 19.4 Å². The minimum Gasteiger partial charge on any atom is -0.478 e. The molecule has 0 aliphatic carbocycles. The van der Waals surface area contributed by atoms with E-state index in [1.54, 1.807) is 6.92 Å². The Morgan fingerprint density at radius 1 is 1.35 bits per heavy atom. The summed E-state index contributed by atoms with van der Waals surface area (Å²) in [6.07, 6.45) is 2.14. The first-order valence-electron chi connectivity index (χ1n) is 6.93. The number of piperidine rings is 1. The summed E-state index contributed by atoms with van der Waals surface area (Å²) in [6.45, 7) is 6.56. The second kappa shape index (κ2) is 5.61. The molecule has 1 aromatic rings. The summed E-state index contributed by atoms with van der Waals surface area (Å²) in [4.78, 5) is 29.5. The standard InChI is InChI=1S/C15H20N2O3/c1-9-5-4-8-17(11(9)3)14(18)13-7-6-12(15(19)20)10(2)16-13/h6-7,9,11H,4-5,8H2,1-3H3,(H,19,20). The van der Waals surface area contributed by atoms with Crippen LogP contribution in [0.25, 0.3) is 0 Å². The number of nitrogens with zero attached hydrogens (tertiary/aromatic N) is 2. The zero-order valence-corrected chi connectivity index (χ0v) is 12.1. The second-order valence-electron chi connectivity index (χ2n) is 5.49. The first kappa shape index (κ1) is 14.5. The quantitative estimate of drug-likeness (QED) is 0.900. The lowest BCUT2D eigenvalue weighted by molar-refractivity contribution is 0.0543. The van der Waals surface area contributed by atoms with Crippen LogP contribution >= 0.6 is 0 Å². The number of carbonyl (C=O) groups excluding carboxylic acids is 1. The molecule has 1 amide bonds. The molecule has 1 N–H and O–H groups in total. The summed E-state index contributed by atoms with van der Waals surface area (Å²) < 4.78 is 0. The molecule has 1 aromatic heterocycles. The maximum Gasteiger partial charge on any atom is 0.337 e. The highest BCUT2D eigenvalue weighted by atomic mass is 16.4. The van der Waals surface area contributed by atoms with Crippen molar-refractivity contribution >= 4 is 11.9 Å². The third-order valence-electron chi connectivity index (χ3n) is 4.17. The number of likely N-dealkylation sites (tertiary alicyclic amines) is 1. The zero-order valence-electron chi connectivity index (χ0n) is 12.1. The maximum absolute atomic E-state index is 12.5. The molecular weight excluding hydrogens is 256 g/mol. The van der Waals surface area contributed by atoms with E-state index in [0.29, 0.717) is 17.3 Å². The minimum absolute atomic E-state index is 0.107. The van der Waals surface area contributed by atoms with Crippen molar-refractivity contribution in [2.45, 2.75) is 39.7 Å². The third kappa shape index (κ3) is 2.66. The lowest BCUT2D eigenvalue weighted by Gasteiger charge is -2.37. The Bertz CT molecular complexity index is 542. The van der Waals surface area contributed by atoms with Gasteiger partial charge in [0.1, 0.15) is 5.69 Å². The lowest BCUT2D eigenvalue weighted by atomic mass is 9.92. The Labute approximate surface area is 118 Å². The molecule has 1 aliphatic heterocycles.